The van der Waals surface area contributed by atoms with Crippen LogP contribution in [0.4, 0.5) is 0 Å². The summed E-state index contributed by atoms with van der Waals surface area (Å²) in [4.78, 5) is 11.9. The van der Waals surface area contributed by atoms with Crippen LogP contribution in [-0.2, 0) is 9.53 Å². The van der Waals surface area contributed by atoms with Crippen molar-refractivity contribution in [2.45, 2.75) is 12.8 Å². The largest absolute Gasteiger partial charge is 0.496 e. The van der Waals surface area contributed by atoms with Crippen LogP contribution in [0.15, 0.2) is 35.9 Å². The molecule has 1 heterocycles. The number of rotatable bonds is 3. The summed E-state index contributed by atoms with van der Waals surface area (Å²) in [6.07, 6.45) is 1.76. The van der Waals surface area contributed by atoms with E-state index in [1.807, 2.05) is 31.2 Å². The lowest BCUT2D eigenvalue weighted by molar-refractivity contribution is -0.135. The Morgan fingerprint density at radius 2 is 1.78 bits per heavy atom. The molecule has 4 nitrogen and oxygen atoms in total. The van der Waals surface area contributed by atoms with E-state index in [1.165, 1.54) is 0 Å². The molecule has 0 N–H and O–H groups in total. The van der Waals surface area contributed by atoms with Crippen molar-refractivity contribution < 1.29 is 19.0 Å². The van der Waals surface area contributed by atoms with E-state index in [-0.39, 0.29) is 18.5 Å². The third-order valence-corrected chi connectivity index (χ3v) is 4.53. The Balaban J connectivity index is 2.36. The molecule has 1 aliphatic rings. The summed E-state index contributed by atoms with van der Waals surface area (Å²) < 4.78 is 16.4. The van der Waals surface area contributed by atoms with Crippen LogP contribution in [0.25, 0.3) is 10.8 Å². The van der Waals surface area contributed by atoms with Gasteiger partial charge in [0, 0.05) is 21.9 Å². The second kappa shape index (κ2) is 6.13. The Morgan fingerprint density at radius 1 is 1.17 bits per heavy atom. The van der Waals surface area contributed by atoms with Crippen molar-refractivity contribution in [3.8, 4) is 11.5 Å². The van der Waals surface area contributed by atoms with Crippen LogP contribution in [0.3, 0.4) is 0 Å². The van der Waals surface area contributed by atoms with Gasteiger partial charge in [0.1, 0.15) is 18.1 Å². The Hall–Kier alpha value is -2.20. The van der Waals surface area contributed by atoms with Gasteiger partial charge in [0.05, 0.1) is 25.2 Å². The molecular formula is C18H17ClO4. The molecule has 1 unspecified atom stereocenters. The highest BCUT2D eigenvalue weighted by molar-refractivity contribution is 6.35. The normalized spacial score (nSPS) is 19.2. The fourth-order valence-electron chi connectivity index (χ4n) is 3.13. The van der Waals surface area contributed by atoms with Crippen molar-refractivity contribution in [3.63, 3.8) is 0 Å². The first-order valence-electron chi connectivity index (χ1n) is 7.29. The van der Waals surface area contributed by atoms with Gasteiger partial charge in [0.15, 0.2) is 0 Å². The van der Waals surface area contributed by atoms with Gasteiger partial charge in [-0.05, 0) is 6.92 Å². The molecule has 0 amide bonds. The van der Waals surface area contributed by atoms with Crippen molar-refractivity contribution in [3.05, 3.63) is 46.5 Å². The molecule has 120 valence electrons. The zero-order chi connectivity index (χ0) is 16.6. The third-order valence-electron chi connectivity index (χ3n) is 4.16. The molecule has 5 heteroatoms. The average molecular weight is 333 g/mol. The molecule has 2 aromatic rings. The molecule has 0 saturated carbocycles. The number of esters is 1. The zero-order valence-corrected chi connectivity index (χ0v) is 13.9. The van der Waals surface area contributed by atoms with Gasteiger partial charge in [-0.3, -0.25) is 0 Å². The Bertz CT molecular complexity index is 810. The highest BCUT2D eigenvalue weighted by Crippen LogP contribution is 2.49. The standard InChI is InChI=1S/C18H17ClO4/c1-4-10-13(9-23-18(10)20)14-15(19)17(22-3)12-8-6-5-7-11(12)16(14)21-2/h4-8,13H,9H2,1-3H3. The zero-order valence-electron chi connectivity index (χ0n) is 13.2. The van der Waals surface area contributed by atoms with Crippen LogP contribution in [0.5, 0.6) is 11.5 Å². The summed E-state index contributed by atoms with van der Waals surface area (Å²) in [5.74, 6) is 0.637. The van der Waals surface area contributed by atoms with E-state index >= 15 is 0 Å². The van der Waals surface area contributed by atoms with Crippen LogP contribution in [0, 0.1) is 0 Å². The average Bonchev–Trinajstić information content (AvgIpc) is 2.94. The maximum absolute atomic E-state index is 11.9. The maximum Gasteiger partial charge on any atom is 0.334 e. The van der Waals surface area contributed by atoms with E-state index < -0.39 is 0 Å². The van der Waals surface area contributed by atoms with Gasteiger partial charge < -0.3 is 14.2 Å². The Labute approximate surface area is 139 Å². The van der Waals surface area contributed by atoms with Gasteiger partial charge in [0.25, 0.3) is 0 Å². The van der Waals surface area contributed by atoms with Crippen LogP contribution >= 0.6 is 11.6 Å². The first kappa shape index (κ1) is 15.7. The van der Waals surface area contributed by atoms with Crippen molar-refractivity contribution in [1.82, 2.24) is 0 Å². The quantitative estimate of drug-likeness (QED) is 0.627. The van der Waals surface area contributed by atoms with Gasteiger partial charge in [-0.2, -0.15) is 0 Å². The molecule has 1 atom stereocenters. The summed E-state index contributed by atoms with van der Waals surface area (Å²) in [5, 5.41) is 2.21. The molecular weight excluding hydrogens is 316 g/mol. The first-order valence-corrected chi connectivity index (χ1v) is 7.67. The van der Waals surface area contributed by atoms with E-state index in [0.29, 0.717) is 22.1 Å². The van der Waals surface area contributed by atoms with E-state index in [4.69, 9.17) is 25.8 Å². The van der Waals surface area contributed by atoms with Gasteiger partial charge in [-0.1, -0.05) is 41.9 Å². The molecule has 0 bridgehead atoms. The summed E-state index contributed by atoms with van der Waals surface area (Å²) in [6, 6.07) is 7.72. The second-order valence-electron chi connectivity index (χ2n) is 5.23. The summed E-state index contributed by atoms with van der Waals surface area (Å²) in [6.45, 7) is 2.06. The van der Waals surface area contributed by atoms with E-state index in [2.05, 4.69) is 0 Å². The number of carbonyl (C=O) groups is 1. The highest BCUT2D eigenvalue weighted by atomic mass is 35.5. The summed E-state index contributed by atoms with van der Waals surface area (Å²) in [7, 11) is 3.18. The molecule has 1 aliphatic heterocycles. The number of halogens is 1. The Morgan fingerprint density at radius 3 is 2.35 bits per heavy atom. The van der Waals surface area contributed by atoms with Crippen molar-refractivity contribution in [1.29, 1.82) is 0 Å². The lowest BCUT2D eigenvalue weighted by Crippen LogP contribution is -2.07. The Kier molecular flexibility index (Phi) is 4.18. The first-order chi connectivity index (χ1) is 11.1. The molecule has 2 aromatic carbocycles. The van der Waals surface area contributed by atoms with E-state index in [1.54, 1.807) is 20.3 Å². The van der Waals surface area contributed by atoms with Gasteiger partial charge in [-0.25, -0.2) is 4.79 Å². The highest BCUT2D eigenvalue weighted by Gasteiger charge is 2.36. The molecule has 0 aromatic heterocycles. The predicted octanol–water partition coefficient (Wildman–Crippen LogP) is 4.10. The number of allylic oxidation sites excluding steroid dienone is 1. The lowest BCUT2D eigenvalue weighted by atomic mass is 9.90. The molecule has 3 rings (SSSR count). The number of hydrogen-bond donors (Lipinski definition) is 0. The SMILES string of the molecule is CC=C1C(=O)OCC1c1c(Cl)c(OC)c2ccccc2c1OC. The molecule has 0 aliphatic carbocycles. The van der Waals surface area contributed by atoms with Crippen molar-refractivity contribution >= 4 is 28.3 Å². The number of carbonyl (C=O) groups excluding carboxylic acids is 1. The minimum atomic E-state index is -0.317. The van der Waals surface area contributed by atoms with Crippen LogP contribution < -0.4 is 9.47 Å². The van der Waals surface area contributed by atoms with Crippen molar-refractivity contribution in [2.24, 2.45) is 0 Å². The fourth-order valence-corrected chi connectivity index (χ4v) is 3.52. The number of cyclic esters (lactones) is 1. The number of fused-ring (bicyclic) bond motifs is 1. The molecule has 0 spiro atoms. The van der Waals surface area contributed by atoms with Crippen LogP contribution in [0.1, 0.15) is 18.4 Å². The topological polar surface area (TPSA) is 44.8 Å². The van der Waals surface area contributed by atoms with Gasteiger partial charge in [0.2, 0.25) is 0 Å². The van der Waals surface area contributed by atoms with E-state index in [0.717, 1.165) is 16.3 Å². The molecule has 1 fully saturated rings. The van der Waals surface area contributed by atoms with Crippen LogP contribution in [-0.4, -0.2) is 26.8 Å². The summed E-state index contributed by atoms with van der Waals surface area (Å²) in [5.41, 5.74) is 1.31. The number of hydrogen-bond acceptors (Lipinski definition) is 4. The van der Waals surface area contributed by atoms with Crippen molar-refractivity contribution in [2.75, 3.05) is 20.8 Å². The third kappa shape index (κ3) is 2.34. The monoisotopic (exact) mass is 332 g/mol. The predicted molar refractivity (Wildman–Crippen MR) is 89.5 cm³/mol. The minimum Gasteiger partial charge on any atom is -0.496 e. The number of methoxy groups -OCH3 is 2. The van der Waals surface area contributed by atoms with Gasteiger partial charge >= 0.3 is 5.97 Å². The van der Waals surface area contributed by atoms with E-state index in [9.17, 15) is 4.79 Å². The summed E-state index contributed by atoms with van der Waals surface area (Å²) >= 11 is 6.62. The van der Waals surface area contributed by atoms with Crippen LogP contribution in [0.2, 0.25) is 5.02 Å². The van der Waals surface area contributed by atoms with Gasteiger partial charge in [-0.15, -0.1) is 0 Å². The number of ether oxygens (including phenoxy) is 3. The fraction of sp³-hybridized carbons (Fsp3) is 0.278. The number of benzene rings is 2. The maximum atomic E-state index is 11.9. The second-order valence-corrected chi connectivity index (χ2v) is 5.61. The molecule has 0 radical (unpaired) electrons. The lowest BCUT2D eigenvalue weighted by Gasteiger charge is -2.20. The minimum absolute atomic E-state index is 0.246. The molecule has 23 heavy (non-hydrogen) atoms. The molecule has 1 saturated heterocycles. The smallest absolute Gasteiger partial charge is 0.334 e.